The van der Waals surface area contributed by atoms with Gasteiger partial charge in [-0.15, -0.1) is 0 Å². The van der Waals surface area contributed by atoms with Crippen LogP contribution in [-0.4, -0.2) is 35.7 Å². The average molecular weight is 495 g/mol. The fourth-order valence-corrected chi connectivity index (χ4v) is 4.94. The van der Waals surface area contributed by atoms with Gasteiger partial charge in [0.25, 0.3) is 0 Å². The maximum Gasteiger partial charge on any atom is 0.416 e. The van der Waals surface area contributed by atoms with Crippen LogP contribution in [0.3, 0.4) is 0 Å². The first-order valence-corrected chi connectivity index (χ1v) is 10.5. The summed E-state index contributed by atoms with van der Waals surface area (Å²) in [5.41, 5.74) is -1.89. The lowest BCUT2D eigenvalue weighted by Crippen LogP contribution is -2.18. The van der Waals surface area contributed by atoms with Crippen LogP contribution in [0.5, 0.6) is 0 Å². The van der Waals surface area contributed by atoms with Gasteiger partial charge in [-0.05, 0) is 24.6 Å². The van der Waals surface area contributed by atoms with E-state index in [-0.39, 0.29) is 6.42 Å². The van der Waals surface area contributed by atoms with Gasteiger partial charge >= 0.3 is 12.4 Å². The van der Waals surface area contributed by atoms with Gasteiger partial charge < -0.3 is 4.57 Å². The van der Waals surface area contributed by atoms with Crippen molar-refractivity contribution in [3.05, 3.63) is 46.0 Å². The van der Waals surface area contributed by atoms with Crippen LogP contribution in [0, 0.1) is 5.92 Å². The van der Waals surface area contributed by atoms with E-state index < -0.39 is 72.0 Å². The number of hydrogen-bond acceptors (Lipinski definition) is 4. The van der Waals surface area contributed by atoms with Crippen LogP contribution in [-0.2, 0) is 16.0 Å². The smallest absolute Gasteiger partial charge is 0.317 e. The normalized spacial score (nSPS) is 19.7. The Balaban J connectivity index is 1.85. The number of carbonyl (C=O) groups excluding carboxylic acids is 1. The van der Waals surface area contributed by atoms with E-state index in [1.807, 2.05) is 0 Å². The number of sulfone groups is 1. The number of hydrogen-bond donors (Lipinski definition) is 0. The van der Waals surface area contributed by atoms with Gasteiger partial charge in [-0.1, -0.05) is 23.2 Å². The number of ketones is 1. The van der Waals surface area contributed by atoms with E-state index in [9.17, 15) is 39.6 Å². The molecule has 5 nitrogen and oxygen atoms in total. The summed E-state index contributed by atoms with van der Waals surface area (Å²) >= 11 is 11.6. The van der Waals surface area contributed by atoms with E-state index in [1.54, 1.807) is 0 Å². The molecule has 0 N–H and O–H groups in total. The second kappa shape index (κ2) is 7.41. The number of alkyl halides is 6. The lowest BCUT2D eigenvalue weighted by atomic mass is 10.2. The molecule has 14 heteroatoms. The Kier molecular flexibility index (Phi) is 5.66. The van der Waals surface area contributed by atoms with Crippen molar-refractivity contribution in [1.82, 2.24) is 9.55 Å². The number of nitrogens with zero attached hydrogens (tertiary/aromatic N) is 2. The summed E-state index contributed by atoms with van der Waals surface area (Å²) in [6.07, 6.45) is -8.70. The average Bonchev–Trinajstić information content (AvgIpc) is 3.30. The predicted octanol–water partition coefficient (Wildman–Crippen LogP) is 4.99. The van der Waals surface area contributed by atoms with Gasteiger partial charge in [-0.25, -0.2) is 13.4 Å². The number of rotatable bonds is 5. The zero-order chi connectivity index (χ0) is 22.6. The molecule has 0 radical (unpaired) electrons. The maximum absolute atomic E-state index is 12.9. The van der Waals surface area contributed by atoms with Crippen molar-refractivity contribution in [1.29, 1.82) is 0 Å². The topological polar surface area (TPSA) is 69.0 Å². The molecule has 1 aromatic heterocycles. The van der Waals surface area contributed by atoms with Crippen molar-refractivity contribution in [3.63, 3.8) is 0 Å². The van der Waals surface area contributed by atoms with Gasteiger partial charge in [-0.3, -0.25) is 4.79 Å². The zero-order valence-electron chi connectivity index (χ0n) is 14.4. The summed E-state index contributed by atoms with van der Waals surface area (Å²) < 4.78 is 103. The molecule has 164 valence electrons. The van der Waals surface area contributed by atoms with Crippen molar-refractivity contribution >= 4 is 38.8 Å². The highest BCUT2D eigenvalue weighted by atomic mass is 35.5. The summed E-state index contributed by atoms with van der Waals surface area (Å²) in [4.78, 5) is 15.0. The molecule has 2 unspecified atom stereocenters. The molecule has 3 rings (SSSR count). The Morgan fingerprint density at radius 2 is 1.80 bits per heavy atom. The van der Waals surface area contributed by atoms with Crippen LogP contribution in [0.4, 0.5) is 26.3 Å². The molecule has 1 aliphatic carbocycles. The van der Waals surface area contributed by atoms with Gasteiger partial charge in [0.2, 0.25) is 0 Å². The Hall–Kier alpha value is -1.79. The third-order valence-corrected chi connectivity index (χ3v) is 6.91. The van der Waals surface area contributed by atoms with Crippen molar-refractivity contribution in [2.24, 2.45) is 5.92 Å². The van der Waals surface area contributed by atoms with E-state index in [1.165, 1.54) is 0 Å². The minimum absolute atomic E-state index is 0.272. The Labute approximate surface area is 175 Å². The first kappa shape index (κ1) is 22.9. The molecule has 2 atom stereocenters. The van der Waals surface area contributed by atoms with Gasteiger partial charge in [0.15, 0.2) is 15.6 Å². The second-order valence-electron chi connectivity index (χ2n) is 6.57. The van der Waals surface area contributed by atoms with Gasteiger partial charge in [0.1, 0.15) is 16.6 Å². The molecule has 30 heavy (non-hydrogen) atoms. The third kappa shape index (κ3) is 4.45. The zero-order valence-corrected chi connectivity index (χ0v) is 16.8. The largest absolute Gasteiger partial charge is 0.416 e. The Morgan fingerprint density at radius 3 is 2.33 bits per heavy atom. The third-order valence-electron chi connectivity index (χ3n) is 4.45. The van der Waals surface area contributed by atoms with Crippen LogP contribution >= 0.6 is 23.2 Å². The van der Waals surface area contributed by atoms with E-state index in [4.69, 9.17) is 23.2 Å². The van der Waals surface area contributed by atoms with Crippen LogP contribution in [0.15, 0.2) is 29.4 Å². The predicted molar refractivity (Wildman–Crippen MR) is 93.3 cm³/mol. The SMILES string of the molecule is O=C(CS(=O)(=O)c1cc(C(F)(F)F)ccc1Cl)c1ncn(C2CC2C(F)(F)F)c1Cl. The van der Waals surface area contributed by atoms with Crippen LogP contribution in [0.25, 0.3) is 0 Å². The van der Waals surface area contributed by atoms with Crippen LogP contribution < -0.4 is 0 Å². The lowest BCUT2D eigenvalue weighted by molar-refractivity contribution is -0.150. The standard InChI is InChI=1S/C16H10Cl2F6N2O3S/c17-9-2-1-7(15(19,20)21)3-12(9)30(28,29)5-11(27)13-14(18)26(6-25-13)10-4-8(10)16(22,23)24/h1-3,6,8,10H,4-5H2. The molecule has 1 saturated carbocycles. The van der Waals surface area contributed by atoms with Crippen molar-refractivity contribution < 1.29 is 39.6 Å². The molecule has 0 bridgehead atoms. The van der Waals surface area contributed by atoms with E-state index in [0.717, 1.165) is 17.0 Å². The monoisotopic (exact) mass is 494 g/mol. The number of Topliss-reactive ketones (excluding diaryl/α,β-unsaturated/α-hetero) is 1. The van der Waals surface area contributed by atoms with Gasteiger partial charge in [0.05, 0.1) is 27.7 Å². The summed E-state index contributed by atoms with van der Waals surface area (Å²) in [6, 6.07) is 0.534. The van der Waals surface area contributed by atoms with Gasteiger partial charge in [-0.2, -0.15) is 26.3 Å². The number of benzene rings is 1. The summed E-state index contributed by atoms with van der Waals surface area (Å²) in [5, 5.41) is -1.01. The molecule has 2 aromatic rings. The molecule has 1 aromatic carbocycles. The lowest BCUT2D eigenvalue weighted by Gasteiger charge is -2.11. The Morgan fingerprint density at radius 1 is 1.17 bits per heavy atom. The summed E-state index contributed by atoms with van der Waals surface area (Å²) in [6.45, 7) is 0. The van der Waals surface area contributed by atoms with Gasteiger partial charge in [0, 0.05) is 6.04 Å². The number of carbonyl (C=O) groups is 1. The van der Waals surface area contributed by atoms with Crippen molar-refractivity contribution in [3.8, 4) is 0 Å². The fourth-order valence-electron chi connectivity index (χ4n) is 2.84. The van der Waals surface area contributed by atoms with Crippen molar-refractivity contribution in [2.75, 3.05) is 5.75 Å². The quantitative estimate of drug-likeness (QED) is 0.433. The fraction of sp³-hybridized carbons (Fsp3) is 0.375. The minimum Gasteiger partial charge on any atom is -0.317 e. The van der Waals surface area contributed by atoms with E-state index in [2.05, 4.69) is 4.98 Å². The number of aromatic nitrogens is 2. The van der Waals surface area contributed by atoms with E-state index in [0.29, 0.717) is 12.1 Å². The maximum atomic E-state index is 12.9. The highest BCUT2D eigenvalue weighted by Crippen LogP contribution is 2.54. The van der Waals surface area contributed by atoms with Crippen LogP contribution in [0.1, 0.15) is 28.5 Å². The minimum atomic E-state index is -4.85. The highest BCUT2D eigenvalue weighted by Gasteiger charge is 2.57. The first-order chi connectivity index (χ1) is 13.6. The molecule has 1 heterocycles. The number of imidazole rings is 1. The second-order valence-corrected chi connectivity index (χ2v) is 9.29. The first-order valence-electron chi connectivity index (χ1n) is 8.04. The molecule has 0 saturated heterocycles. The molecule has 1 aliphatic rings. The summed E-state index contributed by atoms with van der Waals surface area (Å²) in [5.74, 6) is -4.19. The van der Waals surface area contributed by atoms with E-state index >= 15 is 0 Å². The molecule has 0 aliphatic heterocycles. The summed E-state index contributed by atoms with van der Waals surface area (Å²) in [7, 11) is -4.64. The highest BCUT2D eigenvalue weighted by molar-refractivity contribution is 7.92. The molecule has 0 spiro atoms. The number of halogens is 8. The Bertz CT molecular complexity index is 1110. The molecule has 0 amide bonds. The molecule has 1 fully saturated rings. The molecular weight excluding hydrogens is 485 g/mol. The van der Waals surface area contributed by atoms with Crippen molar-refractivity contribution in [2.45, 2.75) is 29.7 Å². The molecular formula is C16H10Cl2F6N2O3S. The van der Waals surface area contributed by atoms with Crippen LogP contribution in [0.2, 0.25) is 10.2 Å².